The van der Waals surface area contributed by atoms with E-state index in [1.54, 1.807) is 0 Å². The van der Waals surface area contributed by atoms with Gasteiger partial charge in [-0.2, -0.15) is 13.9 Å². The van der Waals surface area contributed by atoms with Crippen LogP contribution in [0.15, 0.2) is 28.4 Å². The Kier molecular flexibility index (Phi) is 4.32. The average molecular weight is 246 g/mol. The van der Waals surface area contributed by atoms with Crippen LogP contribution < -0.4 is 16.2 Å². The van der Waals surface area contributed by atoms with E-state index in [-0.39, 0.29) is 17.3 Å². The molecule has 0 amide bonds. The monoisotopic (exact) mass is 246 g/mol. The van der Waals surface area contributed by atoms with Crippen LogP contribution in [0.4, 0.5) is 13.2 Å². The van der Waals surface area contributed by atoms with Crippen molar-refractivity contribution in [2.45, 2.75) is 6.61 Å². The third kappa shape index (κ3) is 4.87. The second-order valence-corrected chi connectivity index (χ2v) is 2.87. The SMILES string of the molecule is NC(N)=NN=Cc1cc(F)cc(OC(F)F)c1. The summed E-state index contributed by atoms with van der Waals surface area (Å²) in [5.74, 6) is -1.33. The summed E-state index contributed by atoms with van der Waals surface area (Å²) in [7, 11) is 0. The van der Waals surface area contributed by atoms with Crippen LogP contribution in [-0.4, -0.2) is 18.8 Å². The molecule has 0 aliphatic heterocycles. The van der Waals surface area contributed by atoms with Gasteiger partial charge in [0.15, 0.2) is 0 Å². The molecular weight excluding hydrogens is 237 g/mol. The van der Waals surface area contributed by atoms with Gasteiger partial charge in [-0.05, 0) is 12.1 Å². The number of halogens is 3. The molecule has 1 aromatic rings. The van der Waals surface area contributed by atoms with Crippen molar-refractivity contribution in [1.29, 1.82) is 0 Å². The molecule has 1 rings (SSSR count). The topological polar surface area (TPSA) is 86.0 Å². The molecule has 92 valence electrons. The van der Waals surface area contributed by atoms with Gasteiger partial charge in [0.05, 0.1) is 6.21 Å². The van der Waals surface area contributed by atoms with Gasteiger partial charge in [-0.1, -0.05) is 0 Å². The van der Waals surface area contributed by atoms with Crippen LogP contribution in [0.3, 0.4) is 0 Å². The fourth-order valence-electron chi connectivity index (χ4n) is 0.992. The highest BCUT2D eigenvalue weighted by Crippen LogP contribution is 2.17. The van der Waals surface area contributed by atoms with Crippen LogP contribution in [0.5, 0.6) is 5.75 Å². The van der Waals surface area contributed by atoms with E-state index in [0.29, 0.717) is 0 Å². The number of hydrogen-bond acceptors (Lipinski definition) is 3. The van der Waals surface area contributed by atoms with E-state index in [1.807, 2.05) is 0 Å². The lowest BCUT2D eigenvalue weighted by Crippen LogP contribution is -2.21. The molecule has 0 saturated heterocycles. The van der Waals surface area contributed by atoms with E-state index < -0.39 is 12.4 Å². The third-order valence-electron chi connectivity index (χ3n) is 1.50. The van der Waals surface area contributed by atoms with E-state index in [2.05, 4.69) is 14.9 Å². The van der Waals surface area contributed by atoms with E-state index in [1.165, 1.54) is 6.07 Å². The average Bonchev–Trinajstić information content (AvgIpc) is 2.14. The Morgan fingerprint density at radius 3 is 2.59 bits per heavy atom. The summed E-state index contributed by atoms with van der Waals surface area (Å²) >= 11 is 0. The predicted molar refractivity (Wildman–Crippen MR) is 56.4 cm³/mol. The number of nitrogens with two attached hydrogens (primary N) is 2. The molecule has 0 saturated carbocycles. The smallest absolute Gasteiger partial charge is 0.387 e. The van der Waals surface area contributed by atoms with Gasteiger partial charge in [-0.25, -0.2) is 4.39 Å². The number of nitrogens with zero attached hydrogens (tertiary/aromatic N) is 2. The number of rotatable bonds is 4. The Balaban J connectivity index is 2.89. The Labute approximate surface area is 94.6 Å². The lowest BCUT2D eigenvalue weighted by atomic mass is 10.2. The van der Waals surface area contributed by atoms with Gasteiger partial charge in [-0.15, -0.1) is 5.10 Å². The highest BCUT2D eigenvalue weighted by molar-refractivity contribution is 5.82. The molecule has 1 aromatic carbocycles. The molecule has 0 fully saturated rings. The first-order valence-corrected chi connectivity index (χ1v) is 4.35. The molecule has 0 aromatic heterocycles. The second kappa shape index (κ2) is 5.73. The van der Waals surface area contributed by atoms with E-state index in [9.17, 15) is 13.2 Å². The van der Waals surface area contributed by atoms with Gasteiger partial charge in [0, 0.05) is 11.6 Å². The van der Waals surface area contributed by atoms with Gasteiger partial charge in [0.25, 0.3) is 0 Å². The Bertz CT molecular complexity index is 444. The summed E-state index contributed by atoms with van der Waals surface area (Å²) in [6.45, 7) is -3.03. The van der Waals surface area contributed by atoms with Crippen LogP contribution in [0.25, 0.3) is 0 Å². The third-order valence-corrected chi connectivity index (χ3v) is 1.50. The summed E-state index contributed by atoms with van der Waals surface area (Å²) in [6.07, 6.45) is 1.10. The molecule has 17 heavy (non-hydrogen) atoms. The van der Waals surface area contributed by atoms with Crippen LogP contribution in [0.1, 0.15) is 5.56 Å². The van der Waals surface area contributed by atoms with Crippen LogP contribution in [-0.2, 0) is 0 Å². The molecule has 0 atom stereocenters. The zero-order chi connectivity index (χ0) is 12.8. The zero-order valence-corrected chi connectivity index (χ0v) is 8.48. The minimum Gasteiger partial charge on any atom is -0.435 e. The molecular formula is C9H9F3N4O. The summed E-state index contributed by atoms with van der Waals surface area (Å²) in [4.78, 5) is 0. The first-order chi connectivity index (χ1) is 7.97. The van der Waals surface area contributed by atoms with Crippen molar-refractivity contribution in [3.05, 3.63) is 29.6 Å². The van der Waals surface area contributed by atoms with Crippen molar-refractivity contribution in [3.63, 3.8) is 0 Å². The predicted octanol–water partition coefficient (Wildman–Crippen LogP) is 1.03. The van der Waals surface area contributed by atoms with Gasteiger partial charge < -0.3 is 16.2 Å². The Morgan fingerprint density at radius 2 is 2.00 bits per heavy atom. The summed E-state index contributed by atoms with van der Waals surface area (Å²) in [5.41, 5.74) is 10.2. The summed E-state index contributed by atoms with van der Waals surface area (Å²) in [5, 5.41) is 6.68. The molecule has 0 aliphatic rings. The molecule has 0 radical (unpaired) electrons. The van der Waals surface area contributed by atoms with Gasteiger partial charge in [0.2, 0.25) is 5.96 Å². The van der Waals surface area contributed by atoms with Crippen LogP contribution in [0, 0.1) is 5.82 Å². The lowest BCUT2D eigenvalue weighted by Gasteiger charge is -2.04. The number of hydrogen-bond donors (Lipinski definition) is 2. The fraction of sp³-hybridized carbons (Fsp3) is 0.111. The molecule has 5 nitrogen and oxygen atoms in total. The van der Waals surface area contributed by atoms with Gasteiger partial charge in [-0.3, -0.25) is 0 Å². The number of guanidine groups is 1. The first kappa shape index (κ1) is 12.8. The van der Waals surface area contributed by atoms with Crippen LogP contribution in [0.2, 0.25) is 0 Å². The zero-order valence-electron chi connectivity index (χ0n) is 8.48. The Hall–Kier alpha value is -2.25. The van der Waals surface area contributed by atoms with E-state index in [4.69, 9.17) is 11.5 Å². The highest BCUT2D eigenvalue weighted by atomic mass is 19.3. The molecule has 0 heterocycles. The van der Waals surface area contributed by atoms with Crippen molar-refractivity contribution < 1.29 is 17.9 Å². The van der Waals surface area contributed by atoms with Gasteiger partial charge >= 0.3 is 6.61 Å². The molecule has 0 unspecified atom stereocenters. The van der Waals surface area contributed by atoms with Crippen LogP contribution >= 0.6 is 0 Å². The highest BCUT2D eigenvalue weighted by Gasteiger charge is 2.06. The molecule has 4 N–H and O–H groups in total. The van der Waals surface area contributed by atoms with Crippen molar-refractivity contribution in [2.24, 2.45) is 21.7 Å². The number of ether oxygens (including phenoxy) is 1. The maximum atomic E-state index is 13.0. The van der Waals surface area contributed by atoms with Gasteiger partial charge in [0.1, 0.15) is 11.6 Å². The van der Waals surface area contributed by atoms with Crippen molar-refractivity contribution in [2.75, 3.05) is 0 Å². The van der Waals surface area contributed by atoms with Crippen molar-refractivity contribution in [1.82, 2.24) is 0 Å². The Morgan fingerprint density at radius 1 is 1.29 bits per heavy atom. The largest absolute Gasteiger partial charge is 0.435 e. The second-order valence-electron chi connectivity index (χ2n) is 2.87. The quantitative estimate of drug-likeness (QED) is 0.472. The van der Waals surface area contributed by atoms with Crippen molar-refractivity contribution in [3.8, 4) is 5.75 Å². The number of alkyl halides is 2. The maximum absolute atomic E-state index is 13.0. The summed E-state index contributed by atoms with van der Waals surface area (Å²) in [6, 6.07) is 3.05. The van der Waals surface area contributed by atoms with Crippen molar-refractivity contribution >= 4 is 12.2 Å². The molecule has 0 aliphatic carbocycles. The first-order valence-electron chi connectivity index (χ1n) is 4.35. The normalized spacial score (nSPS) is 10.8. The maximum Gasteiger partial charge on any atom is 0.387 e. The minimum atomic E-state index is -3.03. The molecule has 0 bridgehead atoms. The molecule has 8 heteroatoms. The summed E-state index contributed by atoms with van der Waals surface area (Å²) < 4.78 is 40.9. The van der Waals surface area contributed by atoms with E-state index >= 15 is 0 Å². The lowest BCUT2D eigenvalue weighted by molar-refractivity contribution is -0.0499. The fourth-order valence-corrected chi connectivity index (χ4v) is 0.992. The standard InChI is InChI=1S/C9H9F3N4O/c10-6-1-5(4-15-16-9(13)14)2-7(3-6)17-8(11)12/h1-4,8H,(H4,13,14,16). The minimum absolute atomic E-state index is 0.186. The van der Waals surface area contributed by atoms with E-state index in [0.717, 1.165) is 18.3 Å². The number of benzene rings is 1. The molecule has 0 spiro atoms.